The largest absolute Gasteiger partial charge is 0.394 e. The van der Waals surface area contributed by atoms with Crippen molar-refractivity contribution in [1.29, 1.82) is 0 Å². The Morgan fingerprint density at radius 3 is 2.14 bits per heavy atom. The molecule has 2 saturated heterocycles. The van der Waals surface area contributed by atoms with Crippen LogP contribution >= 0.6 is 0 Å². The summed E-state index contributed by atoms with van der Waals surface area (Å²) in [4.78, 5) is 11.3. The molecule has 0 bridgehead atoms. The quantitative estimate of drug-likeness (QED) is 0.201. The normalized spacial score (nSPS) is 44.3. The monoisotopic (exact) mass is 410 g/mol. The van der Waals surface area contributed by atoms with E-state index in [1.54, 1.807) is 6.92 Å². The van der Waals surface area contributed by atoms with Gasteiger partial charge in [0.05, 0.1) is 19.3 Å². The van der Waals surface area contributed by atoms with Crippen LogP contribution in [-0.4, -0.2) is 118 Å². The minimum absolute atomic E-state index is 0.391. The fourth-order valence-corrected chi connectivity index (χ4v) is 3.45. The molecule has 12 heteroatoms. The van der Waals surface area contributed by atoms with Gasteiger partial charge in [0.25, 0.3) is 0 Å². The zero-order valence-electron chi connectivity index (χ0n) is 15.7. The molecule has 0 aromatic heterocycles. The predicted octanol–water partition coefficient (Wildman–Crippen LogP) is -4.64. The predicted molar refractivity (Wildman–Crippen MR) is 91.7 cm³/mol. The van der Waals surface area contributed by atoms with Gasteiger partial charge in [-0.2, -0.15) is 0 Å². The fourth-order valence-electron chi connectivity index (χ4n) is 3.45. The van der Waals surface area contributed by atoms with Gasteiger partial charge in [0.2, 0.25) is 5.91 Å². The van der Waals surface area contributed by atoms with Gasteiger partial charge >= 0.3 is 0 Å². The summed E-state index contributed by atoms with van der Waals surface area (Å²) in [5.74, 6) is -0.522. The summed E-state index contributed by atoms with van der Waals surface area (Å²) in [6, 6.07) is -2.14. The molecular formula is C16H30N2O10. The van der Waals surface area contributed by atoms with E-state index in [2.05, 4.69) is 10.6 Å². The second-order valence-electron chi connectivity index (χ2n) is 6.86. The number of rotatable bonds is 7. The molecular weight excluding hydrogens is 380 g/mol. The molecule has 28 heavy (non-hydrogen) atoms. The molecule has 0 unspecified atom stereocenters. The average molecular weight is 410 g/mol. The molecule has 1 amide bonds. The maximum absolute atomic E-state index is 11.3. The smallest absolute Gasteiger partial charge is 0.217 e. The summed E-state index contributed by atoms with van der Waals surface area (Å²) in [5, 5.41) is 65.2. The lowest BCUT2D eigenvalue weighted by atomic mass is 9.94. The molecule has 164 valence electrons. The van der Waals surface area contributed by atoms with Crippen LogP contribution in [0.3, 0.4) is 0 Å². The van der Waals surface area contributed by atoms with Crippen molar-refractivity contribution in [2.75, 3.05) is 19.8 Å². The zero-order chi connectivity index (χ0) is 21.0. The van der Waals surface area contributed by atoms with Crippen molar-refractivity contribution in [2.45, 2.75) is 75.1 Å². The summed E-state index contributed by atoms with van der Waals surface area (Å²) >= 11 is 0. The first-order valence-corrected chi connectivity index (χ1v) is 9.15. The van der Waals surface area contributed by atoms with Gasteiger partial charge in [-0.05, 0) is 6.54 Å². The van der Waals surface area contributed by atoms with Crippen molar-refractivity contribution in [3.05, 3.63) is 0 Å². The number of hydrogen-bond acceptors (Lipinski definition) is 11. The molecule has 2 fully saturated rings. The van der Waals surface area contributed by atoms with Crippen LogP contribution in [0.4, 0.5) is 0 Å². The van der Waals surface area contributed by atoms with E-state index in [1.165, 1.54) is 6.92 Å². The maximum Gasteiger partial charge on any atom is 0.217 e. The second-order valence-corrected chi connectivity index (χ2v) is 6.86. The van der Waals surface area contributed by atoms with Gasteiger partial charge < -0.3 is 55.5 Å². The first kappa shape index (κ1) is 23.3. The number of carbonyl (C=O) groups is 1. The molecule has 0 aromatic rings. The van der Waals surface area contributed by atoms with Crippen LogP contribution in [0.1, 0.15) is 13.8 Å². The Balaban J connectivity index is 2.23. The number of likely N-dealkylation sites (N-methyl/N-ethyl adjacent to an activating group) is 1. The van der Waals surface area contributed by atoms with Crippen molar-refractivity contribution >= 4 is 5.91 Å². The molecule has 2 heterocycles. The van der Waals surface area contributed by atoms with Gasteiger partial charge in [-0.25, -0.2) is 0 Å². The Bertz CT molecular complexity index is 512. The standard InChI is InChI=1S/C16H30N2O10/c1-3-17-10-12(23)11(22)7(4-19)27-16(10)28-14-8(5-20)26-15(25)9(13(14)24)18-6(2)21/h7-17,19-20,22-25H,3-5H2,1-2H3,(H,18,21)/t7-,8-,9-,10-,11-,12-,13-,14-,15-,16+/m1/s1. The van der Waals surface area contributed by atoms with Gasteiger partial charge in [0.15, 0.2) is 12.6 Å². The lowest BCUT2D eigenvalue weighted by Crippen LogP contribution is -2.68. The molecule has 8 N–H and O–H groups in total. The number of carbonyl (C=O) groups excluding carboxylic acids is 1. The first-order valence-electron chi connectivity index (χ1n) is 9.15. The third-order valence-electron chi connectivity index (χ3n) is 4.85. The Kier molecular flexibility index (Phi) is 8.51. The second kappa shape index (κ2) is 10.2. The maximum atomic E-state index is 11.3. The molecule has 0 aromatic carbocycles. The topological polar surface area (TPSA) is 190 Å². The minimum Gasteiger partial charge on any atom is -0.394 e. The van der Waals surface area contributed by atoms with E-state index in [-0.39, 0.29) is 0 Å². The summed E-state index contributed by atoms with van der Waals surface area (Å²) in [6.45, 7) is 2.15. The molecule has 0 radical (unpaired) electrons. The van der Waals surface area contributed by atoms with Crippen LogP contribution in [0, 0.1) is 0 Å². The van der Waals surface area contributed by atoms with Crippen LogP contribution in [0.15, 0.2) is 0 Å². The number of hydrogen-bond donors (Lipinski definition) is 8. The zero-order valence-corrected chi connectivity index (χ0v) is 15.7. The Hall–Kier alpha value is -0.930. The van der Waals surface area contributed by atoms with Crippen LogP contribution in [0.2, 0.25) is 0 Å². The summed E-state index contributed by atoms with van der Waals surface area (Å²) in [5.41, 5.74) is 0. The molecule has 0 aliphatic carbocycles. The highest BCUT2D eigenvalue weighted by molar-refractivity contribution is 5.73. The molecule has 12 nitrogen and oxygen atoms in total. The van der Waals surface area contributed by atoms with Gasteiger partial charge in [0.1, 0.15) is 42.7 Å². The van der Waals surface area contributed by atoms with Gasteiger partial charge in [-0.3, -0.25) is 4.79 Å². The highest BCUT2D eigenvalue weighted by atomic mass is 16.7. The van der Waals surface area contributed by atoms with Gasteiger partial charge in [-0.15, -0.1) is 0 Å². The van der Waals surface area contributed by atoms with Crippen LogP contribution in [0.25, 0.3) is 0 Å². The van der Waals surface area contributed by atoms with Crippen molar-refractivity contribution in [3.8, 4) is 0 Å². The van der Waals surface area contributed by atoms with Crippen LogP contribution in [-0.2, 0) is 19.0 Å². The number of nitrogens with one attached hydrogen (secondary N) is 2. The van der Waals surface area contributed by atoms with Crippen molar-refractivity contribution in [2.24, 2.45) is 0 Å². The van der Waals surface area contributed by atoms with E-state index in [0.29, 0.717) is 6.54 Å². The molecule has 0 spiro atoms. The Morgan fingerprint density at radius 1 is 0.964 bits per heavy atom. The lowest BCUT2D eigenvalue weighted by Gasteiger charge is -2.47. The summed E-state index contributed by atoms with van der Waals surface area (Å²) < 4.78 is 16.5. The van der Waals surface area contributed by atoms with E-state index >= 15 is 0 Å². The minimum atomic E-state index is -1.58. The number of aliphatic hydroxyl groups excluding tert-OH is 6. The number of aliphatic hydroxyl groups is 6. The van der Waals surface area contributed by atoms with E-state index in [4.69, 9.17) is 14.2 Å². The summed E-state index contributed by atoms with van der Waals surface area (Å²) in [6.07, 6.45) is -10.6. The van der Waals surface area contributed by atoms with E-state index in [9.17, 15) is 35.4 Å². The van der Waals surface area contributed by atoms with E-state index < -0.39 is 80.4 Å². The van der Waals surface area contributed by atoms with Gasteiger partial charge in [0, 0.05) is 6.92 Å². The third kappa shape index (κ3) is 4.97. The Labute approximate surface area is 162 Å². The molecule has 10 atom stereocenters. The molecule has 0 saturated carbocycles. The van der Waals surface area contributed by atoms with Crippen molar-refractivity contribution < 1.29 is 49.6 Å². The fraction of sp³-hybridized carbons (Fsp3) is 0.938. The van der Waals surface area contributed by atoms with Crippen LogP contribution in [0.5, 0.6) is 0 Å². The average Bonchev–Trinajstić information content (AvgIpc) is 2.66. The molecule has 2 aliphatic rings. The first-order chi connectivity index (χ1) is 13.2. The summed E-state index contributed by atoms with van der Waals surface area (Å²) in [7, 11) is 0. The van der Waals surface area contributed by atoms with Crippen molar-refractivity contribution in [3.63, 3.8) is 0 Å². The van der Waals surface area contributed by atoms with E-state index in [0.717, 1.165) is 0 Å². The third-order valence-corrected chi connectivity index (χ3v) is 4.85. The highest BCUT2D eigenvalue weighted by Crippen LogP contribution is 2.28. The number of ether oxygens (including phenoxy) is 3. The van der Waals surface area contributed by atoms with Crippen LogP contribution < -0.4 is 10.6 Å². The molecule has 2 aliphatic heterocycles. The highest BCUT2D eigenvalue weighted by Gasteiger charge is 2.50. The Morgan fingerprint density at radius 2 is 1.61 bits per heavy atom. The van der Waals surface area contributed by atoms with Crippen molar-refractivity contribution in [1.82, 2.24) is 10.6 Å². The SMILES string of the molecule is CCN[C@H]1[C@H](O[C@H]2[C@H](O)[C@@H](NC(C)=O)[C@H](O)O[C@@H]2CO)O[C@H](CO)[C@@H](O)[C@@H]1O. The van der Waals surface area contributed by atoms with E-state index in [1.807, 2.05) is 0 Å². The van der Waals surface area contributed by atoms with Gasteiger partial charge in [-0.1, -0.05) is 6.92 Å². The molecule has 2 rings (SSSR count). The number of amides is 1. The lowest BCUT2D eigenvalue weighted by molar-refractivity contribution is -0.328.